The molecule has 5 nitrogen and oxygen atoms in total. The van der Waals surface area contributed by atoms with Gasteiger partial charge in [-0.15, -0.1) is 10.2 Å². The summed E-state index contributed by atoms with van der Waals surface area (Å²) in [5.41, 5.74) is 0.831. The van der Waals surface area contributed by atoms with Gasteiger partial charge in [0.1, 0.15) is 0 Å². The van der Waals surface area contributed by atoms with E-state index in [9.17, 15) is 4.79 Å². The summed E-state index contributed by atoms with van der Waals surface area (Å²) in [6.45, 7) is 6.42. The van der Waals surface area contributed by atoms with E-state index < -0.39 is 0 Å². The minimum atomic E-state index is 0.0172. The Balaban J connectivity index is 1.92. The molecule has 1 amide bonds. The molecule has 0 radical (unpaired) electrons. The number of hydrogen-bond donors (Lipinski definition) is 1. The lowest BCUT2D eigenvalue weighted by atomic mass is 10.0. The van der Waals surface area contributed by atoms with Crippen LogP contribution < -0.4 is 5.32 Å². The second-order valence-corrected chi connectivity index (χ2v) is 7.92. The van der Waals surface area contributed by atoms with Crippen LogP contribution in [0.5, 0.6) is 0 Å². The molecule has 0 aliphatic carbocycles. The highest BCUT2D eigenvalue weighted by molar-refractivity contribution is 7.99. The summed E-state index contributed by atoms with van der Waals surface area (Å²) in [6.07, 6.45) is 2.10. The molecule has 25 heavy (non-hydrogen) atoms. The van der Waals surface area contributed by atoms with Gasteiger partial charge in [0, 0.05) is 18.7 Å². The molecule has 1 heterocycles. The summed E-state index contributed by atoms with van der Waals surface area (Å²) in [6, 6.07) is 7.71. The lowest BCUT2D eigenvalue weighted by Crippen LogP contribution is -2.34. The summed E-state index contributed by atoms with van der Waals surface area (Å²) < 4.78 is 1.86. The molecule has 0 saturated heterocycles. The molecular weight excluding hydrogens is 356 g/mol. The van der Waals surface area contributed by atoms with Gasteiger partial charge in [0.05, 0.1) is 10.8 Å². The SMILES string of the molecule is CC(C)CC[C@@H](C)NC(=O)CSc1nnc(-c2ccccc2Cl)n1C. The van der Waals surface area contributed by atoms with Gasteiger partial charge in [-0.2, -0.15) is 0 Å². The monoisotopic (exact) mass is 380 g/mol. The molecule has 0 aliphatic heterocycles. The van der Waals surface area contributed by atoms with Crippen LogP contribution in [0.2, 0.25) is 5.02 Å². The molecule has 0 bridgehead atoms. The third-order valence-electron chi connectivity index (χ3n) is 3.87. The Bertz CT molecular complexity index is 717. The quantitative estimate of drug-likeness (QED) is 0.698. The minimum absolute atomic E-state index is 0.0172. The first-order chi connectivity index (χ1) is 11.9. The molecule has 2 rings (SSSR count). The van der Waals surface area contributed by atoms with Gasteiger partial charge < -0.3 is 9.88 Å². The molecule has 0 fully saturated rings. The maximum atomic E-state index is 12.1. The molecule has 2 aromatic rings. The van der Waals surface area contributed by atoms with E-state index in [1.54, 1.807) is 0 Å². The van der Waals surface area contributed by atoms with E-state index in [4.69, 9.17) is 11.6 Å². The van der Waals surface area contributed by atoms with E-state index in [0.29, 0.717) is 27.7 Å². The topological polar surface area (TPSA) is 59.8 Å². The highest BCUT2D eigenvalue weighted by atomic mass is 35.5. The third-order valence-corrected chi connectivity index (χ3v) is 5.22. The molecular formula is C18H25ClN4OS. The average Bonchev–Trinajstić information content (AvgIpc) is 2.92. The van der Waals surface area contributed by atoms with Crippen molar-refractivity contribution in [1.82, 2.24) is 20.1 Å². The van der Waals surface area contributed by atoms with Crippen molar-refractivity contribution in [3.8, 4) is 11.4 Å². The van der Waals surface area contributed by atoms with Crippen molar-refractivity contribution >= 4 is 29.3 Å². The summed E-state index contributed by atoms with van der Waals surface area (Å²) in [5, 5.41) is 12.8. The van der Waals surface area contributed by atoms with Gasteiger partial charge >= 0.3 is 0 Å². The first-order valence-electron chi connectivity index (χ1n) is 8.45. The average molecular weight is 381 g/mol. The molecule has 0 unspecified atom stereocenters. The summed E-state index contributed by atoms with van der Waals surface area (Å²) in [7, 11) is 1.88. The van der Waals surface area contributed by atoms with Gasteiger partial charge in [0.2, 0.25) is 5.91 Å². The highest BCUT2D eigenvalue weighted by Gasteiger charge is 2.15. The van der Waals surface area contributed by atoms with E-state index >= 15 is 0 Å². The Hall–Kier alpha value is -1.53. The fourth-order valence-corrected chi connectivity index (χ4v) is 3.36. The van der Waals surface area contributed by atoms with Crippen LogP contribution in [0.3, 0.4) is 0 Å². The molecule has 1 aromatic carbocycles. The van der Waals surface area contributed by atoms with Gasteiger partial charge in [-0.25, -0.2) is 0 Å². The van der Waals surface area contributed by atoms with Crippen molar-refractivity contribution in [2.75, 3.05) is 5.75 Å². The number of rotatable bonds is 8. The summed E-state index contributed by atoms with van der Waals surface area (Å²) >= 11 is 7.60. The number of nitrogens with zero attached hydrogens (tertiary/aromatic N) is 3. The first-order valence-corrected chi connectivity index (χ1v) is 9.81. The Morgan fingerprint density at radius 3 is 2.64 bits per heavy atom. The van der Waals surface area contributed by atoms with Gasteiger partial charge in [-0.1, -0.05) is 49.3 Å². The number of thioether (sulfide) groups is 1. The van der Waals surface area contributed by atoms with Crippen LogP contribution >= 0.6 is 23.4 Å². The zero-order chi connectivity index (χ0) is 18.4. The molecule has 0 spiro atoms. The molecule has 1 atom stereocenters. The van der Waals surface area contributed by atoms with Crippen LogP contribution in [0.1, 0.15) is 33.6 Å². The zero-order valence-corrected chi connectivity index (χ0v) is 16.7. The van der Waals surface area contributed by atoms with Crippen LogP contribution in [-0.4, -0.2) is 32.5 Å². The van der Waals surface area contributed by atoms with E-state index in [1.807, 2.05) is 42.8 Å². The molecule has 0 saturated carbocycles. The Morgan fingerprint density at radius 1 is 1.24 bits per heavy atom. The predicted octanol–water partition coefficient (Wildman–Crippen LogP) is 4.17. The van der Waals surface area contributed by atoms with Crippen molar-refractivity contribution < 1.29 is 4.79 Å². The number of carbonyl (C=O) groups is 1. The number of amides is 1. The predicted molar refractivity (Wildman–Crippen MR) is 104 cm³/mol. The van der Waals surface area contributed by atoms with Crippen LogP contribution in [-0.2, 0) is 11.8 Å². The lowest BCUT2D eigenvalue weighted by Gasteiger charge is -2.14. The fourth-order valence-electron chi connectivity index (χ4n) is 2.42. The maximum Gasteiger partial charge on any atom is 0.230 e. The van der Waals surface area contributed by atoms with Crippen LogP contribution in [0, 0.1) is 5.92 Å². The number of aromatic nitrogens is 3. The zero-order valence-electron chi connectivity index (χ0n) is 15.1. The number of benzene rings is 1. The largest absolute Gasteiger partial charge is 0.353 e. The van der Waals surface area contributed by atoms with Crippen molar-refractivity contribution in [1.29, 1.82) is 0 Å². The van der Waals surface area contributed by atoms with Crippen LogP contribution in [0.15, 0.2) is 29.4 Å². The van der Waals surface area contributed by atoms with E-state index in [-0.39, 0.29) is 11.9 Å². The second kappa shape index (κ2) is 9.25. The van der Waals surface area contributed by atoms with E-state index in [1.165, 1.54) is 11.8 Å². The van der Waals surface area contributed by atoms with Gasteiger partial charge in [-0.05, 0) is 37.8 Å². The number of halogens is 1. The normalized spacial score (nSPS) is 12.4. The molecule has 1 N–H and O–H groups in total. The molecule has 0 aliphatic rings. The number of nitrogens with one attached hydrogen (secondary N) is 1. The van der Waals surface area contributed by atoms with E-state index in [0.717, 1.165) is 18.4 Å². The van der Waals surface area contributed by atoms with Gasteiger partial charge in [-0.3, -0.25) is 4.79 Å². The maximum absolute atomic E-state index is 12.1. The fraction of sp³-hybridized carbons (Fsp3) is 0.500. The third kappa shape index (κ3) is 5.75. The second-order valence-electron chi connectivity index (χ2n) is 6.57. The van der Waals surface area contributed by atoms with Gasteiger partial charge in [0.25, 0.3) is 0 Å². The number of hydrogen-bond acceptors (Lipinski definition) is 4. The van der Waals surface area contributed by atoms with Crippen LogP contribution in [0.4, 0.5) is 0 Å². The Kier molecular flexibility index (Phi) is 7.32. The molecule has 1 aromatic heterocycles. The smallest absolute Gasteiger partial charge is 0.230 e. The van der Waals surface area contributed by atoms with Crippen molar-refractivity contribution in [3.63, 3.8) is 0 Å². The standard InChI is InChI=1S/C18H25ClN4OS/c1-12(2)9-10-13(3)20-16(24)11-25-18-22-21-17(23(18)4)14-7-5-6-8-15(14)19/h5-8,12-13H,9-11H2,1-4H3,(H,20,24)/t13-/m1/s1. The van der Waals surface area contributed by atoms with Crippen molar-refractivity contribution in [3.05, 3.63) is 29.3 Å². The van der Waals surface area contributed by atoms with Crippen LogP contribution in [0.25, 0.3) is 11.4 Å². The van der Waals surface area contributed by atoms with E-state index in [2.05, 4.69) is 29.4 Å². The first kappa shape index (κ1) is 19.8. The van der Waals surface area contributed by atoms with Crippen molar-refractivity contribution in [2.24, 2.45) is 13.0 Å². The Morgan fingerprint density at radius 2 is 1.96 bits per heavy atom. The highest BCUT2D eigenvalue weighted by Crippen LogP contribution is 2.28. The minimum Gasteiger partial charge on any atom is -0.353 e. The van der Waals surface area contributed by atoms with Gasteiger partial charge in [0.15, 0.2) is 11.0 Å². The molecule has 7 heteroatoms. The summed E-state index contributed by atoms with van der Waals surface area (Å²) in [5.74, 6) is 1.68. The summed E-state index contributed by atoms with van der Waals surface area (Å²) in [4.78, 5) is 12.1. The van der Waals surface area contributed by atoms with Crippen molar-refractivity contribution in [2.45, 2.75) is 44.8 Å². The molecule has 136 valence electrons. The lowest BCUT2D eigenvalue weighted by molar-refractivity contribution is -0.119. The number of carbonyl (C=O) groups excluding carboxylic acids is 1. The Labute approximate surface area is 158 Å².